The Bertz CT molecular complexity index is 701. The normalized spacial score (nSPS) is 10.7. The van der Waals surface area contributed by atoms with Gasteiger partial charge in [-0.2, -0.15) is 0 Å². The molecule has 0 aliphatic heterocycles. The summed E-state index contributed by atoms with van der Waals surface area (Å²) in [4.78, 5) is 2.69. The zero-order valence-corrected chi connectivity index (χ0v) is 14.2. The molecule has 102 valence electrons. The third kappa shape index (κ3) is 2.97. The van der Waals surface area contributed by atoms with E-state index in [2.05, 4.69) is 75.3 Å². The predicted molar refractivity (Wildman–Crippen MR) is 93.8 cm³/mol. The van der Waals surface area contributed by atoms with Crippen LogP contribution in [0.25, 0.3) is 10.4 Å². The predicted octanol–water partition coefficient (Wildman–Crippen LogP) is 6.16. The van der Waals surface area contributed by atoms with Crippen molar-refractivity contribution < 1.29 is 0 Å². The average Bonchev–Trinajstić information content (AvgIpc) is 3.10. The van der Waals surface area contributed by atoms with Crippen LogP contribution in [0.1, 0.15) is 10.4 Å². The third-order valence-electron chi connectivity index (χ3n) is 3.10. The van der Waals surface area contributed by atoms with Gasteiger partial charge in [-0.1, -0.05) is 18.2 Å². The molecule has 0 amide bonds. The zero-order valence-electron chi connectivity index (χ0n) is 11.0. The Morgan fingerprint density at radius 1 is 1.15 bits per heavy atom. The summed E-state index contributed by atoms with van der Waals surface area (Å²) >= 11 is 7.23. The summed E-state index contributed by atoms with van der Waals surface area (Å²) in [5, 5.41) is 7.85. The van der Waals surface area contributed by atoms with E-state index in [4.69, 9.17) is 0 Å². The number of hydrogen-bond acceptors (Lipinski definition) is 3. The average molecular weight is 364 g/mol. The first kappa shape index (κ1) is 13.9. The third-order valence-corrected chi connectivity index (χ3v) is 6.01. The summed E-state index contributed by atoms with van der Waals surface area (Å²) in [6.07, 6.45) is 0. The van der Waals surface area contributed by atoms with Gasteiger partial charge in [0, 0.05) is 32.0 Å². The van der Waals surface area contributed by atoms with Gasteiger partial charge in [0.25, 0.3) is 0 Å². The van der Waals surface area contributed by atoms with Crippen molar-refractivity contribution in [1.29, 1.82) is 0 Å². The molecule has 0 aliphatic rings. The van der Waals surface area contributed by atoms with E-state index < -0.39 is 0 Å². The molecular formula is C16H14BrNS2. The molecule has 0 aliphatic carbocycles. The molecule has 3 aromatic rings. The van der Waals surface area contributed by atoms with E-state index in [9.17, 15) is 0 Å². The maximum atomic E-state index is 3.63. The highest BCUT2D eigenvalue weighted by Gasteiger charge is 2.05. The van der Waals surface area contributed by atoms with Gasteiger partial charge in [-0.3, -0.25) is 0 Å². The van der Waals surface area contributed by atoms with Crippen LogP contribution >= 0.6 is 38.6 Å². The van der Waals surface area contributed by atoms with Crippen molar-refractivity contribution in [1.82, 2.24) is 0 Å². The van der Waals surface area contributed by atoms with Crippen LogP contribution in [0.2, 0.25) is 0 Å². The van der Waals surface area contributed by atoms with E-state index in [1.165, 1.54) is 20.9 Å². The topological polar surface area (TPSA) is 12.0 Å². The van der Waals surface area contributed by atoms with Gasteiger partial charge in [0.1, 0.15) is 0 Å². The summed E-state index contributed by atoms with van der Waals surface area (Å²) in [7, 11) is 0. The van der Waals surface area contributed by atoms with E-state index in [1.807, 2.05) is 0 Å². The second-order valence-electron chi connectivity index (χ2n) is 4.57. The molecule has 3 rings (SSSR count). The van der Waals surface area contributed by atoms with E-state index in [0.29, 0.717) is 0 Å². The van der Waals surface area contributed by atoms with Crippen molar-refractivity contribution in [3.05, 3.63) is 62.1 Å². The van der Waals surface area contributed by atoms with Gasteiger partial charge in [-0.25, -0.2) is 0 Å². The van der Waals surface area contributed by atoms with Crippen LogP contribution in [0.3, 0.4) is 0 Å². The Labute approximate surface area is 135 Å². The molecule has 4 heteroatoms. The van der Waals surface area contributed by atoms with E-state index >= 15 is 0 Å². The Kier molecular flexibility index (Phi) is 4.24. The molecular weight excluding hydrogens is 350 g/mol. The molecule has 2 heterocycles. The molecule has 0 saturated carbocycles. The lowest BCUT2D eigenvalue weighted by molar-refractivity contribution is 1.18. The number of halogens is 1. The minimum absolute atomic E-state index is 0.859. The molecule has 0 saturated heterocycles. The smallest absolute Gasteiger partial charge is 0.0494 e. The number of anilines is 1. The van der Waals surface area contributed by atoms with Crippen molar-refractivity contribution in [2.24, 2.45) is 0 Å². The first-order chi connectivity index (χ1) is 9.74. The monoisotopic (exact) mass is 363 g/mol. The molecule has 1 aromatic carbocycles. The fourth-order valence-corrected chi connectivity index (χ4v) is 4.03. The van der Waals surface area contributed by atoms with Crippen molar-refractivity contribution >= 4 is 44.3 Å². The van der Waals surface area contributed by atoms with Crippen LogP contribution in [0, 0.1) is 6.92 Å². The summed E-state index contributed by atoms with van der Waals surface area (Å²) in [5.41, 5.74) is 3.72. The zero-order chi connectivity index (χ0) is 13.9. The first-order valence-electron chi connectivity index (χ1n) is 6.34. The Balaban J connectivity index is 1.71. The first-order valence-corrected chi connectivity index (χ1v) is 8.89. The molecule has 1 N–H and O–H groups in total. The van der Waals surface area contributed by atoms with Crippen LogP contribution in [-0.2, 0) is 6.54 Å². The highest BCUT2D eigenvalue weighted by Crippen LogP contribution is 2.30. The van der Waals surface area contributed by atoms with Gasteiger partial charge in [0.05, 0.1) is 0 Å². The maximum absolute atomic E-state index is 3.63. The van der Waals surface area contributed by atoms with Crippen LogP contribution in [-0.4, -0.2) is 0 Å². The minimum Gasteiger partial charge on any atom is -0.379 e. The highest BCUT2D eigenvalue weighted by atomic mass is 79.9. The summed E-state index contributed by atoms with van der Waals surface area (Å²) in [5.74, 6) is 0. The SMILES string of the molecule is Cc1cccc(NCc2cc(-c3cccs3)cs2)c1Br. The number of thiophene rings is 2. The van der Waals surface area contributed by atoms with Gasteiger partial charge < -0.3 is 5.32 Å². The van der Waals surface area contributed by atoms with Gasteiger partial charge in [-0.05, 0) is 57.4 Å². The molecule has 2 aromatic heterocycles. The molecule has 0 radical (unpaired) electrons. The lowest BCUT2D eigenvalue weighted by atomic mass is 10.2. The van der Waals surface area contributed by atoms with Crippen LogP contribution in [0.4, 0.5) is 5.69 Å². The number of rotatable bonds is 4. The minimum atomic E-state index is 0.859. The maximum Gasteiger partial charge on any atom is 0.0494 e. The fourth-order valence-electron chi connectivity index (χ4n) is 2.01. The van der Waals surface area contributed by atoms with Gasteiger partial charge >= 0.3 is 0 Å². The summed E-state index contributed by atoms with van der Waals surface area (Å²) in [6.45, 7) is 2.97. The van der Waals surface area contributed by atoms with Crippen LogP contribution in [0.5, 0.6) is 0 Å². The lowest BCUT2D eigenvalue weighted by Gasteiger charge is -2.09. The second kappa shape index (κ2) is 6.12. The van der Waals surface area contributed by atoms with Crippen LogP contribution in [0.15, 0.2) is 51.6 Å². The van der Waals surface area contributed by atoms with E-state index in [1.54, 1.807) is 22.7 Å². The molecule has 20 heavy (non-hydrogen) atoms. The highest BCUT2D eigenvalue weighted by molar-refractivity contribution is 9.10. The van der Waals surface area contributed by atoms with Gasteiger partial charge in [0.15, 0.2) is 0 Å². The van der Waals surface area contributed by atoms with Crippen molar-refractivity contribution in [2.45, 2.75) is 13.5 Å². The Hall–Kier alpha value is -1.10. The quantitative estimate of drug-likeness (QED) is 0.585. The number of nitrogens with one attached hydrogen (secondary N) is 1. The molecule has 1 nitrogen and oxygen atoms in total. The Morgan fingerprint density at radius 3 is 2.85 bits per heavy atom. The number of hydrogen-bond donors (Lipinski definition) is 1. The van der Waals surface area contributed by atoms with Crippen molar-refractivity contribution in [2.75, 3.05) is 5.32 Å². The Morgan fingerprint density at radius 2 is 2.05 bits per heavy atom. The number of benzene rings is 1. The summed E-state index contributed by atoms with van der Waals surface area (Å²) < 4.78 is 1.15. The van der Waals surface area contributed by atoms with E-state index in [0.717, 1.165) is 16.7 Å². The number of aryl methyl sites for hydroxylation is 1. The second-order valence-corrected chi connectivity index (χ2v) is 7.31. The van der Waals surface area contributed by atoms with Crippen molar-refractivity contribution in [3.63, 3.8) is 0 Å². The molecule has 0 fully saturated rings. The summed E-state index contributed by atoms with van der Waals surface area (Å²) in [6, 6.07) is 12.8. The van der Waals surface area contributed by atoms with Crippen molar-refractivity contribution in [3.8, 4) is 10.4 Å². The lowest BCUT2D eigenvalue weighted by Crippen LogP contribution is -1.98. The van der Waals surface area contributed by atoms with Crippen LogP contribution < -0.4 is 5.32 Å². The van der Waals surface area contributed by atoms with E-state index in [-0.39, 0.29) is 0 Å². The largest absolute Gasteiger partial charge is 0.379 e. The van der Waals surface area contributed by atoms with Gasteiger partial charge in [0.2, 0.25) is 0 Å². The molecule has 0 spiro atoms. The standard InChI is InChI=1S/C16H14BrNS2/c1-11-4-2-5-14(16(11)17)18-9-13-8-12(10-20-13)15-6-3-7-19-15/h2-8,10,18H,9H2,1H3. The molecule has 0 bridgehead atoms. The fraction of sp³-hybridized carbons (Fsp3) is 0.125. The molecule has 0 unspecified atom stereocenters. The molecule has 0 atom stereocenters. The van der Waals surface area contributed by atoms with Gasteiger partial charge in [-0.15, -0.1) is 22.7 Å².